The van der Waals surface area contributed by atoms with Gasteiger partial charge in [0.1, 0.15) is 5.84 Å². The minimum Gasteiger partial charge on any atom is -0.409 e. The molecule has 0 atom stereocenters. The van der Waals surface area contributed by atoms with Crippen molar-refractivity contribution in [1.82, 2.24) is 5.32 Å². The molecule has 0 bridgehead atoms. The standard InChI is InChI=1S/C7H14F3N3O/c8-7(9,10)3-1-4-12-5-2-6(11)13-14/h12,14H,1-5H2,(H2,11,13). The number of halogens is 3. The summed E-state index contributed by atoms with van der Waals surface area (Å²) in [5.74, 6) is 0.0633. The number of oxime groups is 1. The fourth-order valence-corrected chi connectivity index (χ4v) is 0.805. The first-order valence-corrected chi connectivity index (χ1v) is 4.19. The molecule has 0 rings (SSSR count). The lowest BCUT2D eigenvalue weighted by atomic mass is 10.3. The lowest BCUT2D eigenvalue weighted by Gasteiger charge is -2.06. The van der Waals surface area contributed by atoms with Gasteiger partial charge in [-0.3, -0.25) is 0 Å². The van der Waals surface area contributed by atoms with E-state index in [2.05, 4.69) is 10.5 Å². The zero-order valence-electron chi connectivity index (χ0n) is 7.64. The third-order valence-electron chi connectivity index (χ3n) is 1.50. The number of hydrogen-bond donors (Lipinski definition) is 3. The van der Waals surface area contributed by atoms with Crippen molar-refractivity contribution in [3.05, 3.63) is 0 Å². The molecule has 0 unspecified atom stereocenters. The van der Waals surface area contributed by atoms with Gasteiger partial charge in [-0.25, -0.2) is 0 Å². The second kappa shape index (κ2) is 6.47. The van der Waals surface area contributed by atoms with E-state index in [4.69, 9.17) is 10.9 Å². The summed E-state index contributed by atoms with van der Waals surface area (Å²) in [5, 5.41) is 13.6. The normalized spacial score (nSPS) is 13.2. The predicted octanol–water partition coefficient (Wildman–Crippen LogP) is 1.05. The summed E-state index contributed by atoms with van der Waals surface area (Å²) in [5.41, 5.74) is 5.14. The lowest BCUT2D eigenvalue weighted by molar-refractivity contribution is -0.135. The molecular weight excluding hydrogens is 199 g/mol. The second-order valence-electron chi connectivity index (χ2n) is 2.81. The van der Waals surface area contributed by atoms with Gasteiger partial charge in [0, 0.05) is 19.4 Å². The van der Waals surface area contributed by atoms with Crippen LogP contribution >= 0.6 is 0 Å². The quantitative estimate of drug-likeness (QED) is 0.203. The van der Waals surface area contributed by atoms with Crippen LogP contribution in [0.1, 0.15) is 19.3 Å². The Bertz CT molecular complexity index is 182. The molecule has 0 aliphatic carbocycles. The van der Waals surface area contributed by atoms with Crippen LogP contribution in [0, 0.1) is 0 Å². The highest BCUT2D eigenvalue weighted by Crippen LogP contribution is 2.20. The Balaban J connectivity index is 3.23. The first-order chi connectivity index (χ1) is 6.45. The van der Waals surface area contributed by atoms with Crippen molar-refractivity contribution in [2.24, 2.45) is 10.9 Å². The summed E-state index contributed by atoms with van der Waals surface area (Å²) in [6.45, 7) is 0.686. The van der Waals surface area contributed by atoms with E-state index in [-0.39, 0.29) is 18.8 Å². The van der Waals surface area contributed by atoms with Crippen molar-refractivity contribution in [1.29, 1.82) is 0 Å². The first kappa shape index (κ1) is 13.0. The van der Waals surface area contributed by atoms with Gasteiger partial charge in [-0.05, 0) is 13.0 Å². The van der Waals surface area contributed by atoms with E-state index in [1.54, 1.807) is 0 Å². The van der Waals surface area contributed by atoms with Gasteiger partial charge in [0.05, 0.1) is 0 Å². The molecule has 4 nitrogen and oxygen atoms in total. The number of alkyl halides is 3. The number of nitrogens with one attached hydrogen (secondary N) is 1. The summed E-state index contributed by atoms with van der Waals surface area (Å²) in [6, 6.07) is 0. The number of amidine groups is 1. The van der Waals surface area contributed by atoms with Crippen LogP contribution in [0.4, 0.5) is 13.2 Å². The summed E-state index contributed by atoms with van der Waals surface area (Å²) < 4.78 is 34.9. The average molecular weight is 213 g/mol. The largest absolute Gasteiger partial charge is 0.409 e. The Hall–Kier alpha value is -0.980. The minimum atomic E-state index is -4.09. The van der Waals surface area contributed by atoms with Crippen LogP contribution in [0.3, 0.4) is 0 Å². The highest BCUT2D eigenvalue weighted by atomic mass is 19.4. The molecule has 7 heteroatoms. The van der Waals surface area contributed by atoms with Crippen LogP contribution in [-0.4, -0.2) is 30.3 Å². The molecule has 0 fully saturated rings. The third kappa shape index (κ3) is 9.11. The van der Waals surface area contributed by atoms with Gasteiger partial charge < -0.3 is 16.3 Å². The molecule has 0 spiro atoms. The van der Waals surface area contributed by atoms with Gasteiger partial charge in [0.2, 0.25) is 0 Å². The fourth-order valence-electron chi connectivity index (χ4n) is 0.805. The van der Waals surface area contributed by atoms with Crippen molar-refractivity contribution in [3.63, 3.8) is 0 Å². The monoisotopic (exact) mass is 213 g/mol. The van der Waals surface area contributed by atoms with Crippen LogP contribution in [0.2, 0.25) is 0 Å². The first-order valence-electron chi connectivity index (χ1n) is 4.19. The molecule has 0 radical (unpaired) electrons. The Morgan fingerprint density at radius 1 is 1.36 bits per heavy atom. The highest BCUT2D eigenvalue weighted by Gasteiger charge is 2.25. The highest BCUT2D eigenvalue weighted by molar-refractivity contribution is 5.79. The van der Waals surface area contributed by atoms with Gasteiger partial charge in [-0.2, -0.15) is 13.2 Å². The Morgan fingerprint density at radius 3 is 2.50 bits per heavy atom. The fraction of sp³-hybridized carbons (Fsp3) is 0.857. The molecular formula is C7H14F3N3O. The van der Waals surface area contributed by atoms with E-state index in [1.807, 2.05) is 0 Å². The van der Waals surface area contributed by atoms with Crippen molar-refractivity contribution >= 4 is 5.84 Å². The van der Waals surface area contributed by atoms with Gasteiger partial charge in [-0.15, -0.1) is 0 Å². The Labute approximate surface area is 80.0 Å². The smallest absolute Gasteiger partial charge is 0.389 e. The summed E-state index contributed by atoms with van der Waals surface area (Å²) >= 11 is 0. The van der Waals surface area contributed by atoms with E-state index < -0.39 is 12.6 Å². The molecule has 0 heterocycles. The molecule has 0 aromatic carbocycles. The van der Waals surface area contributed by atoms with Crippen LogP contribution < -0.4 is 11.1 Å². The van der Waals surface area contributed by atoms with Gasteiger partial charge >= 0.3 is 6.18 Å². The van der Waals surface area contributed by atoms with Gasteiger partial charge in [0.25, 0.3) is 0 Å². The average Bonchev–Trinajstić information content (AvgIpc) is 2.08. The number of nitrogens with two attached hydrogens (primary N) is 1. The number of nitrogens with zero attached hydrogens (tertiary/aromatic N) is 1. The molecule has 84 valence electrons. The summed E-state index contributed by atoms with van der Waals surface area (Å²) in [4.78, 5) is 0. The number of rotatable bonds is 6. The van der Waals surface area contributed by atoms with Gasteiger partial charge in [-0.1, -0.05) is 5.16 Å². The molecule has 0 aromatic rings. The maximum absolute atomic E-state index is 11.6. The van der Waals surface area contributed by atoms with Crippen LogP contribution in [-0.2, 0) is 0 Å². The van der Waals surface area contributed by atoms with Crippen LogP contribution in [0.5, 0.6) is 0 Å². The Kier molecular flexibility index (Phi) is 6.02. The van der Waals surface area contributed by atoms with Crippen LogP contribution in [0.25, 0.3) is 0 Å². The molecule has 14 heavy (non-hydrogen) atoms. The van der Waals surface area contributed by atoms with E-state index in [9.17, 15) is 13.2 Å². The molecule has 0 amide bonds. The maximum atomic E-state index is 11.6. The van der Waals surface area contributed by atoms with E-state index in [1.165, 1.54) is 0 Å². The SMILES string of the molecule is NC(CCNCCCC(F)(F)F)=NO. The molecule has 0 saturated carbocycles. The molecule has 0 aliphatic heterocycles. The van der Waals surface area contributed by atoms with Crippen molar-refractivity contribution in [3.8, 4) is 0 Å². The van der Waals surface area contributed by atoms with E-state index >= 15 is 0 Å². The Morgan fingerprint density at radius 2 is 2.00 bits per heavy atom. The lowest BCUT2D eigenvalue weighted by Crippen LogP contribution is -2.24. The molecule has 0 aromatic heterocycles. The number of hydrogen-bond acceptors (Lipinski definition) is 3. The van der Waals surface area contributed by atoms with Crippen LogP contribution in [0.15, 0.2) is 5.16 Å². The van der Waals surface area contributed by atoms with Gasteiger partial charge in [0.15, 0.2) is 0 Å². The molecule has 4 N–H and O–H groups in total. The summed E-state index contributed by atoms with van der Waals surface area (Å²) in [6.07, 6.45) is -4.51. The van der Waals surface area contributed by atoms with E-state index in [0.717, 1.165) is 0 Å². The topological polar surface area (TPSA) is 70.6 Å². The molecule has 0 aliphatic rings. The second-order valence-corrected chi connectivity index (χ2v) is 2.81. The van der Waals surface area contributed by atoms with E-state index in [0.29, 0.717) is 13.0 Å². The summed E-state index contributed by atoms with van der Waals surface area (Å²) in [7, 11) is 0. The van der Waals surface area contributed by atoms with Crippen molar-refractivity contribution in [2.75, 3.05) is 13.1 Å². The maximum Gasteiger partial charge on any atom is 0.389 e. The van der Waals surface area contributed by atoms with Crippen molar-refractivity contribution in [2.45, 2.75) is 25.4 Å². The zero-order chi connectivity index (χ0) is 11.0. The minimum absolute atomic E-state index is 0.0413. The zero-order valence-corrected chi connectivity index (χ0v) is 7.64. The van der Waals surface area contributed by atoms with Crippen molar-refractivity contribution < 1.29 is 18.4 Å². The third-order valence-corrected chi connectivity index (χ3v) is 1.50. The predicted molar refractivity (Wildman–Crippen MR) is 46.2 cm³/mol. The molecule has 0 saturated heterocycles.